The number of carbonyl (C=O) groups excluding carboxylic acids is 1. The van der Waals surface area contributed by atoms with E-state index in [0.29, 0.717) is 32.6 Å². The lowest BCUT2D eigenvalue weighted by atomic mass is 10.1. The molecule has 20 heavy (non-hydrogen) atoms. The van der Waals surface area contributed by atoms with Crippen LogP contribution in [0, 0.1) is 5.92 Å². The molecule has 0 radical (unpaired) electrons. The van der Waals surface area contributed by atoms with E-state index in [1.54, 1.807) is 13.8 Å². The monoisotopic (exact) mass is 298 g/mol. The molecule has 0 saturated carbocycles. The standard InChI is InChI=1S/C13H25F3N2O2/c1-5-18(10-13(14,15)16)8-6-7-17(3)9-11(2)12(19)20-4/h11H,5-10H2,1-4H3. The van der Waals surface area contributed by atoms with Crippen molar-refractivity contribution in [3.05, 3.63) is 0 Å². The van der Waals surface area contributed by atoms with Crippen molar-refractivity contribution in [1.29, 1.82) is 0 Å². The highest BCUT2D eigenvalue weighted by molar-refractivity contribution is 5.71. The quantitative estimate of drug-likeness (QED) is 0.610. The summed E-state index contributed by atoms with van der Waals surface area (Å²) >= 11 is 0. The van der Waals surface area contributed by atoms with Gasteiger partial charge in [0.2, 0.25) is 0 Å². The van der Waals surface area contributed by atoms with Gasteiger partial charge >= 0.3 is 12.1 Å². The summed E-state index contributed by atoms with van der Waals surface area (Å²) in [4.78, 5) is 14.6. The van der Waals surface area contributed by atoms with Crippen LogP contribution < -0.4 is 0 Å². The third kappa shape index (κ3) is 9.14. The minimum absolute atomic E-state index is 0.234. The highest BCUT2D eigenvalue weighted by Crippen LogP contribution is 2.16. The molecule has 120 valence electrons. The molecule has 0 aromatic rings. The summed E-state index contributed by atoms with van der Waals surface area (Å²) in [6, 6.07) is 0. The molecule has 0 aliphatic heterocycles. The Kier molecular flexibility index (Phi) is 8.80. The summed E-state index contributed by atoms with van der Waals surface area (Å²) in [5.41, 5.74) is 0. The highest BCUT2D eigenvalue weighted by Gasteiger charge is 2.29. The minimum Gasteiger partial charge on any atom is -0.469 e. The van der Waals surface area contributed by atoms with Crippen LogP contribution in [0.5, 0.6) is 0 Å². The number of halogens is 3. The van der Waals surface area contributed by atoms with Gasteiger partial charge in [-0.25, -0.2) is 0 Å². The average Bonchev–Trinajstić information content (AvgIpc) is 2.34. The zero-order valence-electron chi connectivity index (χ0n) is 12.7. The first-order valence-corrected chi connectivity index (χ1v) is 6.75. The normalized spacial score (nSPS) is 13.8. The van der Waals surface area contributed by atoms with E-state index in [9.17, 15) is 18.0 Å². The van der Waals surface area contributed by atoms with Crippen LogP contribution in [0.4, 0.5) is 13.2 Å². The summed E-state index contributed by atoms with van der Waals surface area (Å²) in [7, 11) is 3.19. The molecule has 0 saturated heterocycles. The summed E-state index contributed by atoms with van der Waals surface area (Å²) in [6.45, 7) is 4.58. The number of rotatable bonds is 9. The van der Waals surface area contributed by atoms with Crippen molar-refractivity contribution in [2.45, 2.75) is 26.4 Å². The largest absolute Gasteiger partial charge is 0.469 e. The number of nitrogens with zero attached hydrogens (tertiary/aromatic N) is 2. The maximum absolute atomic E-state index is 12.3. The van der Waals surface area contributed by atoms with Gasteiger partial charge in [-0.05, 0) is 33.1 Å². The van der Waals surface area contributed by atoms with E-state index >= 15 is 0 Å². The number of esters is 1. The van der Waals surface area contributed by atoms with Crippen LogP contribution in [-0.4, -0.2) is 68.8 Å². The molecule has 0 rings (SSSR count). The predicted octanol–water partition coefficient (Wildman–Crippen LogP) is 2.00. The van der Waals surface area contributed by atoms with E-state index < -0.39 is 12.7 Å². The van der Waals surface area contributed by atoms with Gasteiger partial charge in [-0.15, -0.1) is 0 Å². The Morgan fingerprint density at radius 1 is 1.30 bits per heavy atom. The molecule has 1 unspecified atom stereocenters. The molecule has 0 aliphatic carbocycles. The van der Waals surface area contributed by atoms with Crippen LogP contribution in [0.2, 0.25) is 0 Å². The molecule has 0 fully saturated rings. The van der Waals surface area contributed by atoms with Gasteiger partial charge in [-0.1, -0.05) is 13.8 Å². The van der Waals surface area contributed by atoms with E-state index in [1.165, 1.54) is 12.0 Å². The van der Waals surface area contributed by atoms with Crippen molar-refractivity contribution < 1.29 is 22.7 Å². The summed E-state index contributed by atoms with van der Waals surface area (Å²) in [6.07, 6.45) is -3.52. The van der Waals surface area contributed by atoms with Gasteiger partial charge in [0.25, 0.3) is 0 Å². The van der Waals surface area contributed by atoms with Crippen LogP contribution >= 0.6 is 0 Å². The average molecular weight is 298 g/mol. The van der Waals surface area contributed by atoms with Crippen molar-refractivity contribution in [2.75, 3.05) is 46.9 Å². The first-order chi connectivity index (χ1) is 9.19. The molecule has 0 aliphatic rings. The molecular formula is C13H25F3N2O2. The number of alkyl halides is 3. The Bertz CT molecular complexity index is 285. The lowest BCUT2D eigenvalue weighted by molar-refractivity contribution is -0.146. The Labute approximate surface area is 118 Å². The second-order valence-corrected chi connectivity index (χ2v) is 5.02. The minimum atomic E-state index is -4.15. The maximum Gasteiger partial charge on any atom is 0.401 e. The molecule has 0 aromatic heterocycles. The number of hydrogen-bond acceptors (Lipinski definition) is 4. The van der Waals surface area contributed by atoms with Crippen molar-refractivity contribution >= 4 is 5.97 Å². The lowest BCUT2D eigenvalue weighted by Gasteiger charge is -2.24. The molecule has 0 heterocycles. The summed E-state index contributed by atoms with van der Waals surface area (Å²) in [5, 5.41) is 0. The molecule has 4 nitrogen and oxygen atoms in total. The van der Waals surface area contributed by atoms with Gasteiger partial charge in [0.05, 0.1) is 19.6 Å². The fourth-order valence-corrected chi connectivity index (χ4v) is 2.00. The Morgan fingerprint density at radius 2 is 1.90 bits per heavy atom. The van der Waals surface area contributed by atoms with Gasteiger partial charge in [0, 0.05) is 6.54 Å². The van der Waals surface area contributed by atoms with E-state index in [0.717, 1.165) is 0 Å². The molecule has 0 N–H and O–H groups in total. The van der Waals surface area contributed by atoms with Crippen LogP contribution in [0.25, 0.3) is 0 Å². The van der Waals surface area contributed by atoms with E-state index in [2.05, 4.69) is 4.74 Å². The first-order valence-electron chi connectivity index (χ1n) is 6.75. The van der Waals surface area contributed by atoms with Crippen molar-refractivity contribution in [3.8, 4) is 0 Å². The number of hydrogen-bond donors (Lipinski definition) is 0. The van der Waals surface area contributed by atoms with Gasteiger partial charge in [-0.3, -0.25) is 9.69 Å². The smallest absolute Gasteiger partial charge is 0.401 e. The second-order valence-electron chi connectivity index (χ2n) is 5.02. The van der Waals surface area contributed by atoms with E-state index in [1.807, 2.05) is 11.9 Å². The molecule has 0 spiro atoms. The fourth-order valence-electron chi connectivity index (χ4n) is 2.00. The van der Waals surface area contributed by atoms with E-state index in [4.69, 9.17) is 0 Å². The number of carbonyl (C=O) groups is 1. The molecule has 1 atom stereocenters. The zero-order chi connectivity index (χ0) is 15.8. The number of methoxy groups -OCH3 is 1. The number of ether oxygens (including phenoxy) is 1. The molecule has 0 amide bonds. The molecule has 0 aromatic carbocycles. The highest BCUT2D eigenvalue weighted by atomic mass is 19.4. The van der Waals surface area contributed by atoms with Crippen LogP contribution in [0.15, 0.2) is 0 Å². The van der Waals surface area contributed by atoms with Crippen molar-refractivity contribution in [1.82, 2.24) is 9.80 Å². The van der Waals surface area contributed by atoms with Gasteiger partial charge in [0.15, 0.2) is 0 Å². The maximum atomic E-state index is 12.3. The van der Waals surface area contributed by atoms with Crippen molar-refractivity contribution in [2.24, 2.45) is 5.92 Å². The predicted molar refractivity (Wildman–Crippen MR) is 71.5 cm³/mol. The van der Waals surface area contributed by atoms with Gasteiger partial charge in [-0.2, -0.15) is 13.2 Å². The third-order valence-electron chi connectivity index (χ3n) is 3.05. The Morgan fingerprint density at radius 3 is 2.35 bits per heavy atom. The molecule has 7 heteroatoms. The van der Waals surface area contributed by atoms with Gasteiger partial charge in [0.1, 0.15) is 0 Å². The van der Waals surface area contributed by atoms with Gasteiger partial charge < -0.3 is 9.64 Å². The summed E-state index contributed by atoms with van der Waals surface area (Å²) < 4.78 is 41.5. The van der Waals surface area contributed by atoms with E-state index in [-0.39, 0.29) is 11.9 Å². The van der Waals surface area contributed by atoms with Crippen LogP contribution in [0.3, 0.4) is 0 Å². The molecular weight excluding hydrogens is 273 g/mol. The first kappa shape index (κ1) is 19.2. The summed E-state index contributed by atoms with van der Waals surface area (Å²) in [5.74, 6) is -0.508. The SMILES string of the molecule is CCN(CCCN(C)CC(C)C(=O)OC)CC(F)(F)F. The zero-order valence-corrected chi connectivity index (χ0v) is 12.7. The van der Waals surface area contributed by atoms with Crippen LogP contribution in [0.1, 0.15) is 20.3 Å². The second kappa shape index (κ2) is 9.18. The van der Waals surface area contributed by atoms with Crippen LogP contribution in [-0.2, 0) is 9.53 Å². The van der Waals surface area contributed by atoms with Crippen molar-refractivity contribution in [3.63, 3.8) is 0 Å². The third-order valence-corrected chi connectivity index (χ3v) is 3.05. The lowest BCUT2D eigenvalue weighted by Crippen LogP contribution is -2.36. The topological polar surface area (TPSA) is 32.8 Å². The Balaban J connectivity index is 3.94. The Hall–Kier alpha value is -0.820. The fraction of sp³-hybridized carbons (Fsp3) is 0.923. The molecule has 0 bridgehead atoms.